The van der Waals surface area contributed by atoms with Gasteiger partial charge in [0.1, 0.15) is 0 Å². The van der Waals surface area contributed by atoms with E-state index >= 15 is 0 Å². The molecule has 0 spiro atoms. The molecule has 0 aromatic carbocycles. The van der Waals surface area contributed by atoms with E-state index in [0.717, 1.165) is 25.9 Å². The van der Waals surface area contributed by atoms with Gasteiger partial charge < -0.3 is 10.2 Å². The van der Waals surface area contributed by atoms with E-state index in [1.807, 2.05) is 0 Å². The Bertz CT molecular complexity index is 459. The summed E-state index contributed by atoms with van der Waals surface area (Å²) in [6.45, 7) is 5.26. The first kappa shape index (κ1) is 20.7. The maximum Gasteiger partial charge on any atom is 0.223 e. The number of carbonyl (C=O) groups excluding carboxylic acids is 1. The largest absolute Gasteiger partial charge is 0.356 e. The van der Waals surface area contributed by atoms with Crippen molar-refractivity contribution in [3.05, 3.63) is 0 Å². The standard InChI is InChI=1S/C15H29N3O3S.ClH/c1-22(20,21)18-12-6-14(7-13-18)15(19)16-8-2-3-9-17-10-4-5-11-17;/h14H,2-13H2,1H3,(H,16,19);1H. The van der Waals surface area contributed by atoms with Gasteiger partial charge in [0.05, 0.1) is 6.26 Å². The quantitative estimate of drug-likeness (QED) is 0.683. The molecular formula is C15H30ClN3O3S. The highest BCUT2D eigenvalue weighted by Crippen LogP contribution is 2.19. The van der Waals surface area contributed by atoms with Gasteiger partial charge in [-0.15, -0.1) is 12.4 Å². The van der Waals surface area contributed by atoms with Crippen LogP contribution in [0.1, 0.15) is 38.5 Å². The molecule has 0 aromatic rings. The van der Waals surface area contributed by atoms with Crippen molar-refractivity contribution in [2.75, 3.05) is 45.5 Å². The van der Waals surface area contributed by atoms with E-state index in [2.05, 4.69) is 10.2 Å². The summed E-state index contributed by atoms with van der Waals surface area (Å²) >= 11 is 0. The summed E-state index contributed by atoms with van der Waals surface area (Å²) in [4.78, 5) is 14.6. The topological polar surface area (TPSA) is 69.7 Å². The number of unbranched alkanes of at least 4 members (excludes halogenated alkanes) is 1. The van der Waals surface area contributed by atoms with Crippen LogP contribution in [0.4, 0.5) is 0 Å². The van der Waals surface area contributed by atoms with Crippen molar-refractivity contribution in [3.8, 4) is 0 Å². The molecule has 0 aromatic heterocycles. The van der Waals surface area contributed by atoms with Crippen molar-refractivity contribution in [1.29, 1.82) is 0 Å². The molecule has 23 heavy (non-hydrogen) atoms. The molecule has 2 fully saturated rings. The normalized spacial score (nSPS) is 21.1. The lowest BCUT2D eigenvalue weighted by Crippen LogP contribution is -2.42. The Kier molecular flexibility index (Phi) is 8.82. The molecule has 0 aliphatic carbocycles. The third-order valence-corrected chi connectivity index (χ3v) is 6.00. The molecule has 8 heteroatoms. The van der Waals surface area contributed by atoms with Gasteiger partial charge >= 0.3 is 0 Å². The minimum atomic E-state index is -3.11. The van der Waals surface area contributed by atoms with Gasteiger partial charge in [0.2, 0.25) is 15.9 Å². The van der Waals surface area contributed by atoms with E-state index < -0.39 is 10.0 Å². The molecule has 6 nitrogen and oxygen atoms in total. The number of hydrogen-bond acceptors (Lipinski definition) is 4. The van der Waals surface area contributed by atoms with E-state index in [-0.39, 0.29) is 24.2 Å². The zero-order valence-corrected chi connectivity index (χ0v) is 15.6. The van der Waals surface area contributed by atoms with Crippen LogP contribution in [0.25, 0.3) is 0 Å². The van der Waals surface area contributed by atoms with Gasteiger partial charge in [-0.05, 0) is 58.2 Å². The van der Waals surface area contributed by atoms with Crippen molar-refractivity contribution in [3.63, 3.8) is 0 Å². The second kappa shape index (κ2) is 9.81. The fourth-order valence-corrected chi connectivity index (χ4v) is 4.15. The minimum absolute atomic E-state index is 0. The molecule has 2 rings (SSSR count). The Morgan fingerprint density at radius 1 is 1.09 bits per heavy atom. The lowest BCUT2D eigenvalue weighted by atomic mass is 9.97. The van der Waals surface area contributed by atoms with Crippen molar-refractivity contribution >= 4 is 28.3 Å². The molecule has 2 aliphatic rings. The predicted molar refractivity (Wildman–Crippen MR) is 94.3 cm³/mol. The SMILES string of the molecule is CS(=O)(=O)N1CCC(C(=O)NCCCCN2CCCC2)CC1.Cl. The van der Waals surface area contributed by atoms with Gasteiger partial charge in [0.15, 0.2) is 0 Å². The van der Waals surface area contributed by atoms with Crippen molar-refractivity contribution in [2.24, 2.45) is 5.92 Å². The monoisotopic (exact) mass is 367 g/mol. The van der Waals surface area contributed by atoms with Crippen LogP contribution in [0.2, 0.25) is 0 Å². The summed E-state index contributed by atoms with van der Waals surface area (Å²) in [7, 11) is -3.11. The fraction of sp³-hybridized carbons (Fsp3) is 0.933. The molecule has 2 aliphatic heterocycles. The summed E-state index contributed by atoms with van der Waals surface area (Å²) in [5.41, 5.74) is 0. The van der Waals surface area contributed by atoms with E-state index in [9.17, 15) is 13.2 Å². The number of piperidine rings is 1. The van der Waals surface area contributed by atoms with E-state index in [0.29, 0.717) is 25.9 Å². The predicted octanol–water partition coefficient (Wildman–Crippen LogP) is 1.07. The second-order valence-electron chi connectivity index (χ2n) is 6.48. The van der Waals surface area contributed by atoms with Crippen LogP contribution in [-0.4, -0.2) is 69.1 Å². The number of nitrogens with one attached hydrogen (secondary N) is 1. The molecule has 1 N–H and O–H groups in total. The van der Waals surface area contributed by atoms with E-state index in [1.54, 1.807) is 0 Å². The Labute approximate surface area is 146 Å². The molecule has 2 heterocycles. The zero-order valence-electron chi connectivity index (χ0n) is 14.0. The second-order valence-corrected chi connectivity index (χ2v) is 8.47. The van der Waals surface area contributed by atoms with Crippen molar-refractivity contribution in [2.45, 2.75) is 38.5 Å². The molecule has 0 atom stereocenters. The average Bonchev–Trinajstić information content (AvgIpc) is 2.99. The average molecular weight is 368 g/mol. The van der Waals surface area contributed by atoms with Gasteiger partial charge in [-0.3, -0.25) is 4.79 Å². The molecule has 1 amide bonds. The van der Waals surface area contributed by atoms with Gasteiger partial charge in [-0.2, -0.15) is 0 Å². The number of sulfonamides is 1. The number of hydrogen-bond donors (Lipinski definition) is 1. The first-order valence-corrected chi connectivity index (χ1v) is 10.3. The summed E-state index contributed by atoms with van der Waals surface area (Å²) in [5.74, 6) is 0.0610. The lowest BCUT2D eigenvalue weighted by molar-refractivity contribution is -0.126. The molecular weight excluding hydrogens is 338 g/mol. The number of amides is 1. The van der Waals surface area contributed by atoms with Crippen LogP contribution >= 0.6 is 12.4 Å². The maximum absolute atomic E-state index is 12.1. The van der Waals surface area contributed by atoms with Gasteiger partial charge in [0, 0.05) is 25.6 Å². The smallest absolute Gasteiger partial charge is 0.223 e. The Morgan fingerprint density at radius 2 is 1.70 bits per heavy atom. The van der Waals surface area contributed by atoms with Gasteiger partial charge in [-0.25, -0.2) is 12.7 Å². The van der Waals surface area contributed by atoms with Crippen LogP contribution in [0.15, 0.2) is 0 Å². The third-order valence-electron chi connectivity index (χ3n) is 4.69. The first-order valence-electron chi connectivity index (χ1n) is 8.42. The van der Waals surface area contributed by atoms with E-state index in [1.165, 1.54) is 36.5 Å². The van der Waals surface area contributed by atoms with Crippen LogP contribution in [0.3, 0.4) is 0 Å². The van der Waals surface area contributed by atoms with Gasteiger partial charge in [-0.1, -0.05) is 0 Å². The molecule has 0 radical (unpaired) electrons. The molecule has 0 saturated carbocycles. The molecule has 2 saturated heterocycles. The van der Waals surface area contributed by atoms with Crippen molar-refractivity contribution < 1.29 is 13.2 Å². The molecule has 0 bridgehead atoms. The number of carbonyl (C=O) groups is 1. The minimum Gasteiger partial charge on any atom is -0.356 e. The van der Waals surface area contributed by atoms with Crippen LogP contribution in [0.5, 0.6) is 0 Å². The van der Waals surface area contributed by atoms with Crippen LogP contribution in [0, 0.1) is 5.92 Å². The van der Waals surface area contributed by atoms with Crippen LogP contribution in [-0.2, 0) is 14.8 Å². The summed E-state index contributed by atoms with van der Waals surface area (Å²) in [5, 5.41) is 3.01. The molecule has 136 valence electrons. The number of halogens is 1. The summed E-state index contributed by atoms with van der Waals surface area (Å²) in [6, 6.07) is 0. The Balaban J connectivity index is 0.00000264. The third kappa shape index (κ3) is 6.95. The van der Waals surface area contributed by atoms with Crippen molar-refractivity contribution in [1.82, 2.24) is 14.5 Å². The maximum atomic E-state index is 12.1. The molecule has 0 unspecified atom stereocenters. The highest BCUT2D eigenvalue weighted by Gasteiger charge is 2.28. The Morgan fingerprint density at radius 3 is 2.26 bits per heavy atom. The number of likely N-dealkylation sites (tertiary alicyclic amines) is 1. The highest BCUT2D eigenvalue weighted by atomic mass is 35.5. The first-order chi connectivity index (χ1) is 10.5. The fourth-order valence-electron chi connectivity index (χ4n) is 3.27. The number of nitrogens with zero attached hydrogens (tertiary/aromatic N) is 2. The lowest BCUT2D eigenvalue weighted by Gasteiger charge is -2.29. The number of rotatable bonds is 7. The van der Waals surface area contributed by atoms with Gasteiger partial charge in [0.25, 0.3) is 0 Å². The Hall–Kier alpha value is -0.370. The van der Waals surface area contributed by atoms with E-state index in [4.69, 9.17) is 0 Å². The summed E-state index contributed by atoms with van der Waals surface area (Å²) in [6.07, 6.45) is 7.29. The summed E-state index contributed by atoms with van der Waals surface area (Å²) < 4.78 is 24.3. The van der Waals surface area contributed by atoms with Crippen LogP contribution < -0.4 is 5.32 Å². The highest BCUT2D eigenvalue weighted by molar-refractivity contribution is 7.88. The zero-order chi connectivity index (χ0) is 16.0.